The highest BCUT2D eigenvalue weighted by atomic mass is 32.1. The lowest BCUT2D eigenvalue weighted by molar-refractivity contribution is -0.286. The summed E-state index contributed by atoms with van der Waals surface area (Å²) < 4.78 is 34.3. The fraction of sp³-hybridized carbons (Fsp3) is 0.182. The third-order valence-corrected chi connectivity index (χ3v) is 3.11. The number of alkyl halides is 2. The van der Waals surface area contributed by atoms with E-state index in [0.717, 1.165) is 5.01 Å². The van der Waals surface area contributed by atoms with Crippen molar-refractivity contribution in [3.63, 3.8) is 0 Å². The first-order valence-corrected chi connectivity index (χ1v) is 6.02. The predicted molar refractivity (Wildman–Crippen MR) is 62.1 cm³/mol. The monoisotopic (exact) mass is 270 g/mol. The van der Waals surface area contributed by atoms with E-state index in [1.165, 1.54) is 23.5 Å². The van der Waals surface area contributed by atoms with Crippen molar-refractivity contribution in [3.05, 3.63) is 34.8 Å². The fourth-order valence-electron chi connectivity index (χ4n) is 1.58. The van der Waals surface area contributed by atoms with Crippen molar-refractivity contribution in [1.29, 1.82) is 0 Å². The second-order valence-corrected chi connectivity index (χ2v) is 4.59. The molecule has 1 aliphatic rings. The molecular weight excluding hydrogens is 262 g/mol. The van der Waals surface area contributed by atoms with Gasteiger partial charge in [-0.3, -0.25) is 0 Å². The van der Waals surface area contributed by atoms with E-state index in [0.29, 0.717) is 12.2 Å². The van der Waals surface area contributed by atoms with Crippen molar-refractivity contribution in [3.8, 4) is 11.5 Å². The van der Waals surface area contributed by atoms with Gasteiger partial charge in [0.1, 0.15) is 5.01 Å². The second-order valence-electron chi connectivity index (χ2n) is 3.61. The molecule has 2 heterocycles. The number of rotatable bonds is 3. The minimum Gasteiger partial charge on any atom is -0.395 e. The second kappa shape index (κ2) is 4.09. The lowest BCUT2D eigenvalue weighted by Crippen LogP contribution is -2.25. The number of nitrogens with one attached hydrogen (secondary N) is 1. The van der Waals surface area contributed by atoms with Crippen LogP contribution < -0.4 is 14.8 Å². The molecule has 1 aliphatic heterocycles. The van der Waals surface area contributed by atoms with Gasteiger partial charge in [0.2, 0.25) is 0 Å². The number of nitrogens with zero attached hydrogens (tertiary/aromatic N) is 1. The van der Waals surface area contributed by atoms with Gasteiger partial charge in [0, 0.05) is 23.3 Å². The van der Waals surface area contributed by atoms with Gasteiger partial charge in [-0.25, -0.2) is 4.98 Å². The Morgan fingerprint density at radius 2 is 2.11 bits per heavy atom. The first kappa shape index (κ1) is 11.2. The Kier molecular flexibility index (Phi) is 2.55. The quantitative estimate of drug-likeness (QED) is 0.930. The number of anilines is 1. The average Bonchev–Trinajstić information content (AvgIpc) is 2.90. The van der Waals surface area contributed by atoms with E-state index in [2.05, 4.69) is 19.8 Å². The summed E-state index contributed by atoms with van der Waals surface area (Å²) in [4.78, 5) is 4.11. The summed E-state index contributed by atoms with van der Waals surface area (Å²) in [5.41, 5.74) is 0.672. The summed E-state index contributed by atoms with van der Waals surface area (Å²) >= 11 is 1.52. The molecule has 0 amide bonds. The third-order valence-electron chi connectivity index (χ3n) is 2.33. The Balaban J connectivity index is 1.72. The standard InChI is InChI=1S/C11H8F2N2O2S/c12-11(13)16-8-2-1-7(5-9(8)17-11)15-6-10-14-3-4-18-10/h1-5,15H,6H2. The normalized spacial score (nSPS) is 15.7. The van der Waals surface area contributed by atoms with Gasteiger partial charge in [-0.15, -0.1) is 20.1 Å². The van der Waals surface area contributed by atoms with Gasteiger partial charge >= 0.3 is 6.29 Å². The highest BCUT2D eigenvalue weighted by Crippen LogP contribution is 2.42. The van der Waals surface area contributed by atoms with Gasteiger partial charge < -0.3 is 14.8 Å². The molecule has 0 unspecified atom stereocenters. The maximum atomic E-state index is 12.8. The molecule has 0 radical (unpaired) electrons. The number of ether oxygens (including phenoxy) is 2. The lowest BCUT2D eigenvalue weighted by atomic mass is 10.3. The molecule has 18 heavy (non-hydrogen) atoms. The van der Waals surface area contributed by atoms with E-state index < -0.39 is 6.29 Å². The number of hydrogen-bond acceptors (Lipinski definition) is 5. The molecule has 0 saturated heterocycles. The van der Waals surface area contributed by atoms with Gasteiger partial charge in [0.15, 0.2) is 11.5 Å². The Hall–Kier alpha value is -1.89. The van der Waals surface area contributed by atoms with E-state index in [1.54, 1.807) is 12.3 Å². The van der Waals surface area contributed by atoms with Gasteiger partial charge in [-0.05, 0) is 12.1 Å². The summed E-state index contributed by atoms with van der Waals surface area (Å²) in [6, 6.07) is 4.57. The number of thiazole rings is 1. The fourth-order valence-corrected chi connectivity index (χ4v) is 2.13. The van der Waals surface area contributed by atoms with Crippen LogP contribution in [-0.4, -0.2) is 11.3 Å². The zero-order valence-corrected chi connectivity index (χ0v) is 9.84. The number of fused-ring (bicyclic) bond motifs is 1. The smallest absolute Gasteiger partial charge is 0.395 e. The van der Waals surface area contributed by atoms with Crippen LogP contribution in [0.1, 0.15) is 5.01 Å². The van der Waals surface area contributed by atoms with E-state index in [9.17, 15) is 8.78 Å². The van der Waals surface area contributed by atoms with Gasteiger partial charge in [-0.1, -0.05) is 0 Å². The van der Waals surface area contributed by atoms with E-state index in [1.807, 2.05) is 5.38 Å². The first-order chi connectivity index (χ1) is 8.62. The van der Waals surface area contributed by atoms with Crippen molar-refractivity contribution >= 4 is 17.0 Å². The van der Waals surface area contributed by atoms with Crippen molar-refractivity contribution in [2.75, 3.05) is 5.32 Å². The van der Waals surface area contributed by atoms with Crippen LogP contribution in [0.25, 0.3) is 0 Å². The lowest BCUT2D eigenvalue weighted by Gasteiger charge is -2.05. The molecular formula is C11H8F2N2O2S. The van der Waals surface area contributed by atoms with E-state index in [-0.39, 0.29) is 11.5 Å². The Labute approximate surface area is 105 Å². The molecule has 0 fully saturated rings. The molecule has 94 valence electrons. The Morgan fingerprint density at radius 1 is 1.28 bits per heavy atom. The summed E-state index contributed by atoms with van der Waals surface area (Å²) in [5, 5.41) is 5.86. The first-order valence-electron chi connectivity index (χ1n) is 5.14. The zero-order chi connectivity index (χ0) is 12.6. The number of aromatic nitrogens is 1. The van der Waals surface area contributed by atoms with Crippen LogP contribution in [0.5, 0.6) is 11.5 Å². The van der Waals surface area contributed by atoms with Crippen molar-refractivity contribution in [2.45, 2.75) is 12.8 Å². The highest BCUT2D eigenvalue weighted by molar-refractivity contribution is 7.09. The van der Waals surface area contributed by atoms with Crippen LogP contribution in [0.3, 0.4) is 0 Å². The summed E-state index contributed by atoms with van der Waals surface area (Å²) in [6.07, 6.45) is -1.86. The Morgan fingerprint density at radius 3 is 2.89 bits per heavy atom. The summed E-state index contributed by atoms with van der Waals surface area (Å²) in [6.45, 7) is 0.535. The maximum Gasteiger partial charge on any atom is 0.586 e. The van der Waals surface area contributed by atoms with Crippen LogP contribution in [0, 0.1) is 0 Å². The topological polar surface area (TPSA) is 43.4 Å². The predicted octanol–water partition coefficient (Wildman–Crippen LogP) is 3.08. The Bertz CT molecular complexity index is 560. The molecule has 1 aromatic carbocycles. The third kappa shape index (κ3) is 2.21. The molecule has 0 bridgehead atoms. The van der Waals surface area contributed by atoms with Crippen LogP contribution in [0.2, 0.25) is 0 Å². The zero-order valence-electron chi connectivity index (χ0n) is 9.02. The van der Waals surface area contributed by atoms with Crippen molar-refractivity contribution in [2.24, 2.45) is 0 Å². The number of hydrogen-bond donors (Lipinski definition) is 1. The summed E-state index contributed by atoms with van der Waals surface area (Å²) in [7, 11) is 0. The molecule has 0 atom stereocenters. The molecule has 7 heteroatoms. The maximum absolute atomic E-state index is 12.8. The number of benzene rings is 1. The van der Waals surface area contributed by atoms with Gasteiger partial charge in [-0.2, -0.15) is 0 Å². The van der Waals surface area contributed by atoms with E-state index in [4.69, 9.17) is 0 Å². The minimum atomic E-state index is -3.57. The van der Waals surface area contributed by atoms with Crippen LogP contribution in [0.15, 0.2) is 29.8 Å². The van der Waals surface area contributed by atoms with Crippen LogP contribution in [-0.2, 0) is 6.54 Å². The molecule has 3 rings (SSSR count). The van der Waals surface area contributed by atoms with Crippen molar-refractivity contribution in [1.82, 2.24) is 4.98 Å². The van der Waals surface area contributed by atoms with Gasteiger partial charge in [0.25, 0.3) is 0 Å². The molecule has 0 saturated carbocycles. The molecule has 1 N–H and O–H groups in total. The SMILES string of the molecule is FC1(F)Oc2ccc(NCc3nccs3)cc2O1. The van der Waals surface area contributed by atoms with Crippen LogP contribution >= 0.6 is 11.3 Å². The highest BCUT2D eigenvalue weighted by Gasteiger charge is 2.43. The molecule has 4 nitrogen and oxygen atoms in total. The van der Waals surface area contributed by atoms with Gasteiger partial charge in [0.05, 0.1) is 6.54 Å². The minimum absolute atomic E-state index is 0.0316. The molecule has 2 aromatic rings. The number of halogens is 2. The average molecular weight is 270 g/mol. The largest absolute Gasteiger partial charge is 0.586 e. The van der Waals surface area contributed by atoms with Crippen molar-refractivity contribution < 1.29 is 18.3 Å². The van der Waals surface area contributed by atoms with Crippen LogP contribution in [0.4, 0.5) is 14.5 Å². The molecule has 0 aliphatic carbocycles. The summed E-state index contributed by atoms with van der Waals surface area (Å²) in [5.74, 6) is 0.0731. The molecule has 1 aromatic heterocycles. The molecule has 0 spiro atoms. The van der Waals surface area contributed by atoms with E-state index >= 15 is 0 Å².